The second kappa shape index (κ2) is 8.95. The van der Waals surface area contributed by atoms with Gasteiger partial charge in [0.2, 0.25) is 11.3 Å². The van der Waals surface area contributed by atoms with Crippen molar-refractivity contribution in [3.05, 3.63) is 65.5 Å². The maximum absolute atomic E-state index is 13.2. The van der Waals surface area contributed by atoms with E-state index in [1.165, 1.54) is 18.3 Å². The second-order valence-corrected chi connectivity index (χ2v) is 6.14. The van der Waals surface area contributed by atoms with Crippen LogP contribution >= 0.6 is 0 Å². The highest BCUT2D eigenvalue weighted by molar-refractivity contribution is 5.99. The van der Waals surface area contributed by atoms with Crippen molar-refractivity contribution in [3.8, 4) is 0 Å². The Labute approximate surface area is 175 Å². The van der Waals surface area contributed by atoms with Crippen LogP contribution in [0.1, 0.15) is 22.8 Å². The molecule has 31 heavy (non-hydrogen) atoms. The number of ether oxygens (including phenoxy) is 1. The van der Waals surface area contributed by atoms with Gasteiger partial charge in [-0.3, -0.25) is 5.43 Å². The lowest BCUT2D eigenvalue weighted by molar-refractivity contribution is 0.0526. The Morgan fingerprint density at radius 1 is 1.10 bits per heavy atom. The Bertz CT molecular complexity index is 1240. The quantitative estimate of drug-likeness (QED) is 0.262. The number of hydrazone groups is 1. The summed E-state index contributed by atoms with van der Waals surface area (Å²) in [6.45, 7) is 2.00. The number of hydrogen-bond acceptors (Lipinski definition) is 10. The number of anilines is 3. The number of nitrogens with one attached hydrogen (secondary N) is 2. The van der Waals surface area contributed by atoms with Gasteiger partial charge < -0.3 is 10.1 Å². The van der Waals surface area contributed by atoms with E-state index in [4.69, 9.17) is 4.74 Å². The molecule has 2 aromatic carbocycles. The summed E-state index contributed by atoms with van der Waals surface area (Å²) in [5, 5.41) is 14.5. The van der Waals surface area contributed by atoms with Crippen molar-refractivity contribution in [1.29, 1.82) is 0 Å². The van der Waals surface area contributed by atoms with E-state index in [-0.39, 0.29) is 35.4 Å². The molecule has 10 nitrogen and oxygen atoms in total. The Kier molecular flexibility index (Phi) is 5.74. The summed E-state index contributed by atoms with van der Waals surface area (Å²) >= 11 is 0. The van der Waals surface area contributed by atoms with E-state index in [2.05, 4.69) is 40.8 Å². The maximum Gasteiger partial charge on any atom is 0.338 e. The Morgan fingerprint density at radius 3 is 2.55 bits per heavy atom. The summed E-state index contributed by atoms with van der Waals surface area (Å²) in [6.07, 6.45) is 1.46. The third-order valence-corrected chi connectivity index (χ3v) is 4.05. The molecule has 0 saturated carbocycles. The molecule has 4 aromatic rings. The summed E-state index contributed by atoms with van der Waals surface area (Å²) in [6, 6.07) is 12.6. The van der Waals surface area contributed by atoms with Crippen LogP contribution in [0.15, 0.2) is 58.3 Å². The minimum atomic E-state index is -0.446. The Morgan fingerprint density at radius 2 is 1.81 bits per heavy atom. The van der Waals surface area contributed by atoms with Crippen molar-refractivity contribution in [2.75, 3.05) is 17.3 Å². The molecule has 0 aliphatic heterocycles. The highest BCUT2D eigenvalue weighted by Crippen LogP contribution is 2.24. The standard InChI is InChI=1S/C20H16FN7O3/c1-2-30-20(29)15-6-4-3-5-12(15)11-22-26-17-16(23-14-9-7-13(21)8-10-14)24-18-19(25-17)28-31-27-18/h3-11H,2H2,1H3,(H,23,24,27)(H,25,26,28). The van der Waals surface area contributed by atoms with E-state index in [1.807, 2.05) is 0 Å². The maximum atomic E-state index is 13.2. The number of fused-ring (bicyclic) bond motifs is 1. The predicted molar refractivity (Wildman–Crippen MR) is 111 cm³/mol. The van der Waals surface area contributed by atoms with Crippen LogP contribution < -0.4 is 10.7 Å². The van der Waals surface area contributed by atoms with Gasteiger partial charge in [0.05, 0.1) is 18.4 Å². The monoisotopic (exact) mass is 421 g/mol. The van der Waals surface area contributed by atoms with Gasteiger partial charge >= 0.3 is 5.97 Å². The number of carbonyl (C=O) groups excluding carboxylic acids is 1. The van der Waals surface area contributed by atoms with E-state index in [0.29, 0.717) is 16.8 Å². The van der Waals surface area contributed by atoms with Crippen LogP contribution in [0, 0.1) is 5.82 Å². The van der Waals surface area contributed by atoms with Gasteiger partial charge in [0.25, 0.3) is 0 Å². The molecule has 0 unspecified atom stereocenters. The summed E-state index contributed by atoms with van der Waals surface area (Å²) < 4.78 is 22.9. The van der Waals surface area contributed by atoms with Crippen LogP contribution in [0.25, 0.3) is 11.3 Å². The SMILES string of the molecule is CCOC(=O)c1ccccc1C=NNc1nc2nonc2nc1Nc1ccc(F)cc1. The van der Waals surface area contributed by atoms with Crippen molar-refractivity contribution in [3.63, 3.8) is 0 Å². The first-order chi connectivity index (χ1) is 15.1. The van der Waals surface area contributed by atoms with Gasteiger partial charge in [-0.2, -0.15) is 10.1 Å². The first-order valence-electron chi connectivity index (χ1n) is 9.22. The number of benzene rings is 2. The molecule has 2 N–H and O–H groups in total. The van der Waals surface area contributed by atoms with Gasteiger partial charge in [0.15, 0.2) is 11.6 Å². The van der Waals surface area contributed by atoms with E-state index in [0.717, 1.165) is 0 Å². The minimum absolute atomic E-state index is 0.175. The van der Waals surface area contributed by atoms with Gasteiger partial charge in [-0.05, 0) is 47.6 Å². The van der Waals surface area contributed by atoms with Crippen molar-refractivity contribution in [2.24, 2.45) is 5.10 Å². The van der Waals surface area contributed by atoms with Crippen LogP contribution in [0.3, 0.4) is 0 Å². The summed E-state index contributed by atoms with van der Waals surface area (Å²) in [7, 11) is 0. The van der Waals surface area contributed by atoms with Crippen molar-refractivity contribution in [1.82, 2.24) is 20.3 Å². The van der Waals surface area contributed by atoms with Crippen LogP contribution in [0.2, 0.25) is 0 Å². The molecule has 0 spiro atoms. The van der Waals surface area contributed by atoms with E-state index in [9.17, 15) is 9.18 Å². The van der Waals surface area contributed by atoms with Crippen LogP contribution in [-0.2, 0) is 4.74 Å². The highest BCUT2D eigenvalue weighted by atomic mass is 19.1. The number of hydrogen-bond donors (Lipinski definition) is 2. The van der Waals surface area contributed by atoms with Crippen LogP contribution in [-0.4, -0.2) is 39.1 Å². The fourth-order valence-electron chi connectivity index (χ4n) is 2.64. The number of rotatable bonds is 7. The van der Waals surface area contributed by atoms with Crippen molar-refractivity contribution >= 4 is 40.8 Å². The molecule has 0 bridgehead atoms. The first kappa shape index (κ1) is 19.9. The average Bonchev–Trinajstić information content (AvgIpc) is 3.23. The molecule has 0 atom stereocenters. The molecule has 11 heteroatoms. The predicted octanol–water partition coefficient (Wildman–Crippen LogP) is 3.52. The van der Waals surface area contributed by atoms with Gasteiger partial charge in [-0.15, -0.1) is 0 Å². The molecule has 0 amide bonds. The second-order valence-electron chi connectivity index (χ2n) is 6.14. The number of halogens is 1. The molecule has 4 rings (SSSR count). The Balaban J connectivity index is 1.61. The molecule has 0 fully saturated rings. The fraction of sp³-hybridized carbons (Fsp3) is 0.100. The van der Waals surface area contributed by atoms with Gasteiger partial charge in [0, 0.05) is 11.3 Å². The highest BCUT2D eigenvalue weighted by Gasteiger charge is 2.14. The topological polar surface area (TPSA) is 127 Å². The number of carbonyl (C=O) groups is 1. The van der Waals surface area contributed by atoms with Gasteiger partial charge in [-0.1, -0.05) is 18.2 Å². The lowest BCUT2D eigenvalue weighted by Crippen LogP contribution is -2.08. The van der Waals surface area contributed by atoms with Crippen molar-refractivity contribution in [2.45, 2.75) is 6.92 Å². The zero-order valence-electron chi connectivity index (χ0n) is 16.2. The minimum Gasteiger partial charge on any atom is -0.462 e. The van der Waals surface area contributed by atoms with E-state index >= 15 is 0 Å². The van der Waals surface area contributed by atoms with Gasteiger partial charge in [0.1, 0.15) is 5.82 Å². The molecule has 2 heterocycles. The molecule has 156 valence electrons. The first-order valence-corrected chi connectivity index (χ1v) is 9.22. The number of aromatic nitrogens is 4. The fourth-order valence-corrected chi connectivity index (χ4v) is 2.64. The van der Waals surface area contributed by atoms with Crippen LogP contribution in [0.5, 0.6) is 0 Å². The van der Waals surface area contributed by atoms with Crippen molar-refractivity contribution < 1.29 is 18.6 Å². The molecular weight excluding hydrogens is 405 g/mol. The third kappa shape index (κ3) is 4.61. The summed E-state index contributed by atoms with van der Waals surface area (Å²) in [4.78, 5) is 20.7. The summed E-state index contributed by atoms with van der Waals surface area (Å²) in [5.41, 5.74) is 4.64. The zero-order chi connectivity index (χ0) is 21.6. The lowest BCUT2D eigenvalue weighted by atomic mass is 10.1. The molecular formula is C20H16FN7O3. The molecule has 0 radical (unpaired) electrons. The Hall–Kier alpha value is -4.41. The smallest absolute Gasteiger partial charge is 0.338 e. The van der Waals surface area contributed by atoms with Gasteiger partial charge in [-0.25, -0.2) is 18.8 Å². The molecule has 0 aliphatic rings. The zero-order valence-corrected chi connectivity index (χ0v) is 16.2. The molecule has 2 aromatic heterocycles. The average molecular weight is 421 g/mol. The number of esters is 1. The molecule has 0 aliphatic carbocycles. The summed E-state index contributed by atoms with van der Waals surface area (Å²) in [5.74, 6) is -0.322. The lowest BCUT2D eigenvalue weighted by Gasteiger charge is -2.09. The third-order valence-electron chi connectivity index (χ3n) is 4.05. The van der Waals surface area contributed by atoms with Crippen LogP contribution in [0.4, 0.5) is 21.7 Å². The number of nitrogens with zero attached hydrogens (tertiary/aromatic N) is 5. The van der Waals surface area contributed by atoms with E-state index < -0.39 is 5.97 Å². The van der Waals surface area contributed by atoms with E-state index in [1.54, 1.807) is 43.3 Å². The normalized spacial score (nSPS) is 11.0. The molecule has 0 saturated heterocycles. The largest absolute Gasteiger partial charge is 0.462 e.